The molecule has 1 aliphatic carbocycles. The van der Waals surface area contributed by atoms with Gasteiger partial charge in [0.05, 0.1) is 0 Å². The average molecular weight is 200 g/mol. The molecule has 1 unspecified atom stereocenters. The van der Waals surface area contributed by atoms with E-state index in [9.17, 15) is 4.39 Å². The van der Waals surface area contributed by atoms with E-state index >= 15 is 0 Å². The minimum atomic E-state index is -1.00. The van der Waals surface area contributed by atoms with Crippen LogP contribution in [0.1, 0.15) is 59.8 Å². The predicted molar refractivity (Wildman–Crippen MR) is 60.1 cm³/mol. The lowest BCUT2D eigenvalue weighted by atomic mass is 9.77. The molecule has 1 atom stereocenters. The van der Waals surface area contributed by atoms with E-state index in [0.29, 0.717) is 5.92 Å². The zero-order valence-electron chi connectivity index (χ0n) is 10.1. The molecular weight excluding hydrogens is 175 g/mol. The van der Waals surface area contributed by atoms with Crippen LogP contribution in [-0.2, 0) is 0 Å². The number of halogens is 1. The molecule has 0 aromatic heterocycles. The first-order chi connectivity index (χ1) is 6.41. The average Bonchev–Trinajstić information content (AvgIpc) is 2.48. The molecule has 1 aliphatic rings. The molecule has 1 rings (SSSR count). The highest BCUT2D eigenvalue weighted by Crippen LogP contribution is 2.38. The fraction of sp³-hybridized carbons (Fsp3) is 1.00. The van der Waals surface area contributed by atoms with Crippen LogP contribution in [0.3, 0.4) is 0 Å². The van der Waals surface area contributed by atoms with Crippen molar-refractivity contribution in [2.45, 2.75) is 65.5 Å². The third-order valence-corrected chi connectivity index (χ3v) is 3.75. The van der Waals surface area contributed by atoms with Gasteiger partial charge in [-0.2, -0.15) is 0 Å². The Hall–Kier alpha value is -0.0700. The molecule has 1 saturated carbocycles. The van der Waals surface area contributed by atoms with Crippen molar-refractivity contribution in [1.29, 1.82) is 0 Å². The molecule has 0 aromatic carbocycles. The molecule has 0 N–H and O–H groups in total. The Morgan fingerprint density at radius 2 is 1.71 bits per heavy atom. The largest absolute Gasteiger partial charge is 0.244 e. The molecule has 14 heavy (non-hydrogen) atoms. The van der Waals surface area contributed by atoms with E-state index in [4.69, 9.17) is 0 Å². The highest BCUT2D eigenvalue weighted by Gasteiger charge is 2.34. The standard InChI is InChI=1S/C13H25F/c1-10(2)12(13(3,4)14)9-11-7-5-6-8-11/h10-12H,5-9H2,1-4H3. The molecule has 1 fully saturated rings. The fourth-order valence-electron chi connectivity index (χ4n) is 2.95. The molecule has 0 bridgehead atoms. The minimum absolute atomic E-state index is 0.241. The molecule has 0 heterocycles. The van der Waals surface area contributed by atoms with E-state index in [1.165, 1.54) is 25.7 Å². The summed E-state index contributed by atoms with van der Waals surface area (Å²) < 4.78 is 14.0. The maximum atomic E-state index is 14.0. The van der Waals surface area contributed by atoms with Crippen LogP contribution >= 0.6 is 0 Å². The Morgan fingerprint density at radius 3 is 2.07 bits per heavy atom. The van der Waals surface area contributed by atoms with E-state index in [1.807, 2.05) is 0 Å². The van der Waals surface area contributed by atoms with Crippen LogP contribution in [0, 0.1) is 17.8 Å². The van der Waals surface area contributed by atoms with Gasteiger partial charge in [-0.15, -0.1) is 0 Å². The lowest BCUT2D eigenvalue weighted by Crippen LogP contribution is -2.31. The van der Waals surface area contributed by atoms with Crippen molar-refractivity contribution in [1.82, 2.24) is 0 Å². The van der Waals surface area contributed by atoms with Crippen molar-refractivity contribution in [3.05, 3.63) is 0 Å². The second-order valence-corrected chi connectivity index (χ2v) is 5.80. The van der Waals surface area contributed by atoms with Gasteiger partial charge < -0.3 is 0 Å². The van der Waals surface area contributed by atoms with Gasteiger partial charge in [-0.3, -0.25) is 0 Å². The lowest BCUT2D eigenvalue weighted by Gasteiger charge is -2.32. The summed E-state index contributed by atoms with van der Waals surface area (Å²) in [5, 5.41) is 0. The van der Waals surface area contributed by atoms with Gasteiger partial charge in [0.25, 0.3) is 0 Å². The summed E-state index contributed by atoms with van der Waals surface area (Å²) in [5.74, 6) is 1.51. The minimum Gasteiger partial charge on any atom is -0.244 e. The smallest absolute Gasteiger partial charge is 0.108 e. The van der Waals surface area contributed by atoms with Crippen molar-refractivity contribution in [3.63, 3.8) is 0 Å². The molecule has 1 heteroatoms. The summed E-state index contributed by atoms with van der Waals surface area (Å²) in [6, 6.07) is 0. The van der Waals surface area contributed by atoms with Crippen LogP contribution in [0.25, 0.3) is 0 Å². The molecule has 0 radical (unpaired) electrons. The Labute approximate surface area is 88.3 Å². The highest BCUT2D eigenvalue weighted by atomic mass is 19.1. The summed E-state index contributed by atoms with van der Waals surface area (Å²) in [7, 11) is 0. The number of rotatable bonds is 4. The monoisotopic (exact) mass is 200 g/mol. The zero-order chi connectivity index (χ0) is 10.8. The first-order valence-electron chi connectivity index (χ1n) is 6.10. The summed E-state index contributed by atoms with van der Waals surface area (Å²) in [5.41, 5.74) is -1.00. The zero-order valence-corrected chi connectivity index (χ0v) is 10.1. The van der Waals surface area contributed by atoms with Gasteiger partial charge in [0.1, 0.15) is 5.67 Å². The van der Waals surface area contributed by atoms with Crippen molar-refractivity contribution in [3.8, 4) is 0 Å². The van der Waals surface area contributed by atoms with Crippen molar-refractivity contribution in [2.24, 2.45) is 17.8 Å². The Morgan fingerprint density at radius 1 is 1.21 bits per heavy atom. The summed E-state index contributed by atoms with van der Waals surface area (Å²) in [4.78, 5) is 0. The third kappa shape index (κ3) is 3.25. The Balaban J connectivity index is 2.50. The van der Waals surface area contributed by atoms with E-state index in [2.05, 4.69) is 13.8 Å². The van der Waals surface area contributed by atoms with Gasteiger partial charge >= 0.3 is 0 Å². The number of alkyl halides is 1. The summed E-state index contributed by atoms with van der Waals surface area (Å²) in [6.07, 6.45) is 6.49. The normalized spacial score (nSPS) is 21.9. The Bertz CT molecular complexity index is 161. The van der Waals surface area contributed by atoms with Gasteiger partial charge in [0.2, 0.25) is 0 Å². The molecule has 0 aromatic rings. The van der Waals surface area contributed by atoms with Crippen LogP contribution in [0.2, 0.25) is 0 Å². The van der Waals surface area contributed by atoms with E-state index < -0.39 is 5.67 Å². The number of hydrogen-bond acceptors (Lipinski definition) is 0. The second-order valence-electron chi connectivity index (χ2n) is 5.80. The van der Waals surface area contributed by atoms with Gasteiger partial charge in [0.15, 0.2) is 0 Å². The van der Waals surface area contributed by atoms with Crippen molar-refractivity contribution < 1.29 is 4.39 Å². The van der Waals surface area contributed by atoms with Gasteiger partial charge in [-0.05, 0) is 38.0 Å². The first-order valence-corrected chi connectivity index (χ1v) is 6.10. The van der Waals surface area contributed by atoms with Crippen molar-refractivity contribution in [2.75, 3.05) is 0 Å². The summed E-state index contributed by atoms with van der Waals surface area (Å²) in [6.45, 7) is 7.79. The molecule has 0 saturated heterocycles. The van der Waals surface area contributed by atoms with Gasteiger partial charge in [-0.25, -0.2) is 4.39 Å². The van der Waals surface area contributed by atoms with Gasteiger partial charge in [-0.1, -0.05) is 39.5 Å². The number of hydrogen-bond donors (Lipinski definition) is 0. The first kappa shape index (κ1) is 12.0. The van der Waals surface area contributed by atoms with Crippen LogP contribution in [0.15, 0.2) is 0 Å². The van der Waals surface area contributed by atoms with E-state index in [1.54, 1.807) is 13.8 Å². The van der Waals surface area contributed by atoms with Gasteiger partial charge in [0, 0.05) is 0 Å². The molecule has 0 aliphatic heterocycles. The van der Waals surface area contributed by atoms with Crippen LogP contribution in [0.5, 0.6) is 0 Å². The predicted octanol–water partition coefficient (Wildman–Crippen LogP) is 4.59. The third-order valence-electron chi connectivity index (χ3n) is 3.75. The molecule has 84 valence electrons. The lowest BCUT2D eigenvalue weighted by molar-refractivity contribution is 0.0705. The maximum absolute atomic E-state index is 14.0. The van der Waals surface area contributed by atoms with Crippen molar-refractivity contribution >= 4 is 0 Å². The van der Waals surface area contributed by atoms with E-state index in [-0.39, 0.29) is 5.92 Å². The quantitative estimate of drug-likeness (QED) is 0.622. The summed E-state index contributed by atoms with van der Waals surface area (Å²) >= 11 is 0. The molecule has 0 amide bonds. The second kappa shape index (κ2) is 4.63. The Kier molecular flexibility index (Phi) is 3.97. The SMILES string of the molecule is CC(C)C(CC1CCCC1)C(C)(C)F. The topological polar surface area (TPSA) is 0 Å². The maximum Gasteiger partial charge on any atom is 0.108 e. The highest BCUT2D eigenvalue weighted by molar-refractivity contribution is 4.83. The van der Waals surface area contributed by atoms with Crippen LogP contribution in [0.4, 0.5) is 4.39 Å². The van der Waals surface area contributed by atoms with Crippen LogP contribution < -0.4 is 0 Å². The fourth-order valence-corrected chi connectivity index (χ4v) is 2.95. The molecular formula is C13H25F. The van der Waals surface area contributed by atoms with Crippen LogP contribution in [-0.4, -0.2) is 5.67 Å². The molecule has 0 spiro atoms. The molecule has 0 nitrogen and oxygen atoms in total. The van der Waals surface area contributed by atoms with E-state index in [0.717, 1.165) is 12.3 Å².